The van der Waals surface area contributed by atoms with Gasteiger partial charge in [0.25, 0.3) is 0 Å². The summed E-state index contributed by atoms with van der Waals surface area (Å²) >= 11 is 0. The molecule has 1 aliphatic heterocycles. The van der Waals surface area contributed by atoms with Crippen molar-refractivity contribution in [2.24, 2.45) is 10.7 Å². The van der Waals surface area contributed by atoms with Crippen LogP contribution in [0.3, 0.4) is 0 Å². The van der Waals surface area contributed by atoms with Gasteiger partial charge in [-0.05, 0) is 25.9 Å². The zero-order valence-corrected chi connectivity index (χ0v) is 15.8. The summed E-state index contributed by atoms with van der Waals surface area (Å²) in [4.78, 5) is 9.36. The lowest BCUT2D eigenvalue weighted by Gasteiger charge is -2.33. The molecule has 0 radical (unpaired) electrons. The number of aliphatic imine (C=N–C) groups is 1. The number of unbranched alkanes of at least 4 members (excludes halogenated alkanes) is 1. The van der Waals surface area contributed by atoms with Crippen LogP contribution in [0.4, 0.5) is 0 Å². The molecule has 3 N–H and O–H groups in total. The van der Waals surface area contributed by atoms with E-state index >= 15 is 0 Å². The third-order valence-electron chi connectivity index (χ3n) is 3.69. The number of nitrogens with two attached hydrogens (primary N) is 1. The van der Waals surface area contributed by atoms with E-state index in [-0.39, 0.29) is 24.0 Å². The smallest absolute Gasteiger partial charge is 0.188 e. The largest absolute Gasteiger partial charge is 0.383 e. The average molecular weight is 413 g/mol. The molecule has 0 aliphatic carbocycles. The average Bonchev–Trinajstić information content (AvgIpc) is 2.48. The second-order valence-electron chi connectivity index (χ2n) is 5.17. The molecule has 0 amide bonds. The van der Waals surface area contributed by atoms with Crippen LogP contribution in [0.5, 0.6) is 0 Å². The van der Waals surface area contributed by atoms with Gasteiger partial charge in [0.05, 0.1) is 6.61 Å². The third kappa shape index (κ3) is 10.3. The van der Waals surface area contributed by atoms with Crippen molar-refractivity contribution in [1.82, 2.24) is 15.1 Å². The lowest BCUT2D eigenvalue weighted by atomic mass is 10.2. The number of halogens is 1. The fourth-order valence-electron chi connectivity index (χ4n) is 2.31. The highest BCUT2D eigenvalue weighted by molar-refractivity contribution is 14.0. The normalized spacial score (nSPS) is 17.5. The van der Waals surface area contributed by atoms with Crippen LogP contribution in [-0.2, 0) is 4.74 Å². The number of hydrogen-bond acceptors (Lipinski definition) is 4. The van der Waals surface area contributed by atoms with Crippen LogP contribution < -0.4 is 11.1 Å². The van der Waals surface area contributed by atoms with Crippen molar-refractivity contribution < 1.29 is 4.74 Å². The molecule has 0 spiro atoms. The molecule has 1 rings (SSSR count). The highest BCUT2D eigenvalue weighted by atomic mass is 127. The molecule has 0 aromatic heterocycles. The summed E-state index contributed by atoms with van der Waals surface area (Å²) in [5.74, 6) is 0.526. The number of nitrogens with one attached hydrogen (secondary N) is 1. The fourth-order valence-corrected chi connectivity index (χ4v) is 2.31. The number of methoxy groups -OCH3 is 1. The summed E-state index contributed by atoms with van der Waals surface area (Å²) < 4.78 is 4.94. The van der Waals surface area contributed by atoms with Crippen molar-refractivity contribution in [1.29, 1.82) is 0 Å². The molecular formula is C14H32IN5O. The van der Waals surface area contributed by atoms with E-state index in [9.17, 15) is 0 Å². The molecule has 1 heterocycles. The Bertz CT molecular complexity index is 270. The van der Waals surface area contributed by atoms with E-state index in [1.54, 1.807) is 7.11 Å². The van der Waals surface area contributed by atoms with Gasteiger partial charge in [-0.2, -0.15) is 0 Å². The van der Waals surface area contributed by atoms with Gasteiger partial charge in [-0.1, -0.05) is 6.92 Å². The minimum absolute atomic E-state index is 0. The minimum Gasteiger partial charge on any atom is -0.383 e. The van der Waals surface area contributed by atoms with Crippen molar-refractivity contribution in [3.63, 3.8) is 0 Å². The van der Waals surface area contributed by atoms with Crippen LogP contribution in [0.1, 0.15) is 19.8 Å². The van der Waals surface area contributed by atoms with Gasteiger partial charge in [0.15, 0.2) is 5.96 Å². The van der Waals surface area contributed by atoms with Gasteiger partial charge in [0.2, 0.25) is 0 Å². The first-order chi connectivity index (χ1) is 9.76. The predicted octanol–water partition coefficient (Wildman–Crippen LogP) is 0.573. The Morgan fingerprint density at radius 1 is 1.19 bits per heavy atom. The van der Waals surface area contributed by atoms with E-state index in [1.165, 1.54) is 45.7 Å². The summed E-state index contributed by atoms with van der Waals surface area (Å²) in [6.07, 6.45) is 2.29. The second-order valence-corrected chi connectivity index (χ2v) is 5.17. The van der Waals surface area contributed by atoms with E-state index in [2.05, 4.69) is 27.0 Å². The minimum atomic E-state index is 0. The SMILES string of the molecule is CCN1CCN(CCCCN=C(N)NCCOC)CC1.I. The molecule has 126 valence electrons. The Balaban J connectivity index is 0.00000400. The van der Waals surface area contributed by atoms with Gasteiger partial charge in [0, 0.05) is 46.4 Å². The van der Waals surface area contributed by atoms with E-state index < -0.39 is 0 Å². The highest BCUT2D eigenvalue weighted by Crippen LogP contribution is 2.03. The Kier molecular flexibility index (Phi) is 13.5. The molecule has 0 unspecified atom stereocenters. The molecule has 0 atom stereocenters. The number of hydrogen-bond donors (Lipinski definition) is 2. The maximum absolute atomic E-state index is 5.74. The monoisotopic (exact) mass is 413 g/mol. The van der Waals surface area contributed by atoms with Crippen LogP contribution >= 0.6 is 24.0 Å². The van der Waals surface area contributed by atoms with E-state index in [1.807, 2.05) is 0 Å². The van der Waals surface area contributed by atoms with Gasteiger partial charge in [0.1, 0.15) is 0 Å². The van der Waals surface area contributed by atoms with Crippen molar-refractivity contribution in [2.75, 3.05) is 66.1 Å². The summed E-state index contributed by atoms with van der Waals surface area (Å²) in [5.41, 5.74) is 5.74. The zero-order valence-electron chi connectivity index (χ0n) is 13.5. The predicted molar refractivity (Wildman–Crippen MR) is 99.6 cm³/mol. The number of likely N-dealkylation sites (N-methyl/N-ethyl adjacent to an activating group) is 1. The van der Waals surface area contributed by atoms with E-state index in [4.69, 9.17) is 10.5 Å². The summed E-state index contributed by atoms with van der Waals surface area (Å²) in [6, 6.07) is 0. The fraction of sp³-hybridized carbons (Fsp3) is 0.929. The van der Waals surface area contributed by atoms with Crippen molar-refractivity contribution in [2.45, 2.75) is 19.8 Å². The van der Waals surface area contributed by atoms with Gasteiger partial charge in [-0.25, -0.2) is 0 Å². The van der Waals surface area contributed by atoms with Crippen molar-refractivity contribution in [3.8, 4) is 0 Å². The maximum Gasteiger partial charge on any atom is 0.188 e. The molecule has 21 heavy (non-hydrogen) atoms. The van der Waals surface area contributed by atoms with Gasteiger partial charge in [-0.15, -0.1) is 24.0 Å². The quantitative estimate of drug-likeness (QED) is 0.251. The van der Waals surface area contributed by atoms with Crippen molar-refractivity contribution in [3.05, 3.63) is 0 Å². The topological polar surface area (TPSA) is 66.1 Å². The van der Waals surface area contributed by atoms with E-state index in [0.29, 0.717) is 19.1 Å². The molecule has 7 heteroatoms. The molecule has 0 aromatic rings. The lowest BCUT2D eigenvalue weighted by molar-refractivity contribution is 0.136. The molecule has 0 aromatic carbocycles. The van der Waals surface area contributed by atoms with E-state index in [0.717, 1.165) is 13.0 Å². The van der Waals surface area contributed by atoms with Crippen LogP contribution in [0.25, 0.3) is 0 Å². The third-order valence-corrected chi connectivity index (χ3v) is 3.69. The first-order valence-corrected chi connectivity index (χ1v) is 7.73. The number of piperazine rings is 1. The summed E-state index contributed by atoms with van der Waals surface area (Å²) in [6.45, 7) is 11.6. The van der Waals surface area contributed by atoms with Crippen LogP contribution in [-0.4, -0.2) is 81.8 Å². The molecule has 6 nitrogen and oxygen atoms in total. The van der Waals surface area contributed by atoms with Crippen LogP contribution in [0.15, 0.2) is 4.99 Å². The molecule has 1 saturated heterocycles. The number of guanidine groups is 1. The van der Waals surface area contributed by atoms with Crippen LogP contribution in [0.2, 0.25) is 0 Å². The van der Waals surface area contributed by atoms with Crippen molar-refractivity contribution >= 4 is 29.9 Å². The van der Waals surface area contributed by atoms with Crippen LogP contribution in [0, 0.1) is 0 Å². The number of nitrogens with zero attached hydrogens (tertiary/aromatic N) is 3. The molecular weight excluding hydrogens is 381 g/mol. The molecule has 1 fully saturated rings. The number of ether oxygens (including phenoxy) is 1. The second kappa shape index (κ2) is 13.5. The molecule has 0 bridgehead atoms. The molecule has 0 saturated carbocycles. The van der Waals surface area contributed by atoms with Gasteiger partial charge in [-0.3, -0.25) is 4.99 Å². The first-order valence-electron chi connectivity index (χ1n) is 7.73. The summed E-state index contributed by atoms with van der Waals surface area (Å²) in [5, 5.41) is 3.02. The first kappa shape index (κ1) is 20.9. The standard InChI is InChI=1S/C14H31N5O.HI/c1-3-18-9-11-19(12-10-18)8-5-4-6-16-14(15)17-7-13-20-2;/h3-13H2,1-2H3,(H3,15,16,17);1H. The Morgan fingerprint density at radius 2 is 1.86 bits per heavy atom. The van der Waals surface area contributed by atoms with Gasteiger partial charge < -0.3 is 25.6 Å². The highest BCUT2D eigenvalue weighted by Gasteiger charge is 2.14. The number of rotatable bonds is 9. The lowest BCUT2D eigenvalue weighted by Crippen LogP contribution is -2.46. The molecule has 1 aliphatic rings. The zero-order chi connectivity index (χ0) is 14.6. The van der Waals surface area contributed by atoms with Gasteiger partial charge >= 0.3 is 0 Å². The Morgan fingerprint density at radius 3 is 2.48 bits per heavy atom. The Labute approximate surface area is 146 Å². The summed E-state index contributed by atoms with van der Waals surface area (Å²) in [7, 11) is 1.68. The Hall–Kier alpha value is -0.120. The maximum atomic E-state index is 5.74.